The highest BCUT2D eigenvalue weighted by Gasteiger charge is 2.74. The lowest BCUT2D eigenvalue weighted by molar-refractivity contribution is -0.400. The van der Waals surface area contributed by atoms with Crippen molar-refractivity contribution in [1.82, 2.24) is 0 Å². The van der Waals surface area contributed by atoms with Crippen LogP contribution in [0.1, 0.15) is 5.56 Å². The molecule has 0 aliphatic carbocycles. The summed E-state index contributed by atoms with van der Waals surface area (Å²) in [5.74, 6) is -1.18. The number of hydrogen-bond donors (Lipinski definition) is 1. The number of halogens is 6. The molecule has 114 valence electrons. The van der Waals surface area contributed by atoms with Crippen LogP contribution in [0.2, 0.25) is 0 Å². The van der Waals surface area contributed by atoms with Gasteiger partial charge in [-0.05, 0) is 6.07 Å². The molecule has 0 radical (unpaired) electrons. The van der Waals surface area contributed by atoms with E-state index in [0.29, 0.717) is 12.1 Å². The maximum atomic E-state index is 13.0. The Balaban J connectivity index is 3.58. The van der Waals surface area contributed by atoms with E-state index in [1.807, 2.05) is 0 Å². The summed E-state index contributed by atoms with van der Waals surface area (Å²) in [6.45, 7) is -1.26. The molecule has 0 bridgehead atoms. The first kappa shape index (κ1) is 16.6. The molecule has 0 atom stereocenters. The Bertz CT molecular complexity index is 440. The third kappa shape index (κ3) is 2.68. The number of para-hydroxylation sites is 1. The van der Waals surface area contributed by atoms with E-state index in [4.69, 9.17) is 0 Å². The molecule has 0 spiro atoms. The van der Waals surface area contributed by atoms with Crippen molar-refractivity contribution < 1.29 is 40.9 Å². The Labute approximate surface area is 109 Å². The summed E-state index contributed by atoms with van der Waals surface area (Å²) in [7, 11) is 0.877. The molecule has 1 rings (SSSR count). The molecule has 0 aliphatic heterocycles. The number of ether oxygens (including phenoxy) is 2. The van der Waals surface area contributed by atoms with Crippen molar-refractivity contribution >= 4 is 0 Å². The van der Waals surface area contributed by atoms with Gasteiger partial charge in [0.2, 0.25) is 0 Å². The standard InChI is InChI=1S/C11H10F6O3/c1-19-6-20-9(10(12,13)14,11(15,16)17)7-4-2-3-5-8(7)18/h2-5,18H,6H2,1H3. The van der Waals surface area contributed by atoms with E-state index >= 15 is 0 Å². The number of aromatic hydroxyl groups is 1. The minimum Gasteiger partial charge on any atom is -0.508 e. The summed E-state index contributed by atoms with van der Waals surface area (Å²) < 4.78 is 86.4. The monoisotopic (exact) mass is 304 g/mol. The summed E-state index contributed by atoms with van der Waals surface area (Å²) in [5, 5.41) is 9.35. The molecule has 0 aromatic heterocycles. The highest BCUT2D eigenvalue weighted by atomic mass is 19.4. The number of phenolic OH excluding ortho intramolecular Hbond substituents is 1. The Morgan fingerprint density at radius 2 is 1.50 bits per heavy atom. The van der Waals surface area contributed by atoms with Crippen LogP contribution >= 0.6 is 0 Å². The van der Waals surface area contributed by atoms with Gasteiger partial charge in [0, 0.05) is 12.7 Å². The maximum Gasteiger partial charge on any atom is 0.431 e. The lowest BCUT2D eigenvalue weighted by Gasteiger charge is -2.37. The smallest absolute Gasteiger partial charge is 0.431 e. The molecule has 0 heterocycles. The summed E-state index contributed by atoms with van der Waals surface area (Å²) in [6.07, 6.45) is -11.7. The summed E-state index contributed by atoms with van der Waals surface area (Å²) in [6, 6.07) is 3.22. The van der Waals surface area contributed by atoms with Crippen LogP contribution < -0.4 is 0 Å². The summed E-state index contributed by atoms with van der Waals surface area (Å²) in [5.41, 5.74) is -6.11. The minimum atomic E-state index is -5.84. The predicted molar refractivity (Wildman–Crippen MR) is 54.9 cm³/mol. The number of phenols is 1. The first-order valence-corrected chi connectivity index (χ1v) is 5.12. The Hall–Kier alpha value is -1.48. The van der Waals surface area contributed by atoms with E-state index in [0.717, 1.165) is 19.2 Å². The Kier molecular flexibility index (Phi) is 4.55. The van der Waals surface area contributed by atoms with Gasteiger partial charge < -0.3 is 14.6 Å². The third-order valence-corrected chi connectivity index (χ3v) is 2.48. The van der Waals surface area contributed by atoms with Gasteiger partial charge in [-0.15, -0.1) is 0 Å². The lowest BCUT2D eigenvalue weighted by Crippen LogP contribution is -2.56. The molecule has 0 fully saturated rings. The van der Waals surface area contributed by atoms with Crippen molar-refractivity contribution in [2.45, 2.75) is 18.0 Å². The number of hydrogen-bond acceptors (Lipinski definition) is 3. The molecule has 1 N–H and O–H groups in total. The molecule has 0 unspecified atom stereocenters. The second-order valence-electron chi connectivity index (χ2n) is 3.74. The lowest BCUT2D eigenvalue weighted by atomic mass is 9.91. The molecular weight excluding hydrogens is 294 g/mol. The van der Waals surface area contributed by atoms with Crippen LogP contribution in [0.3, 0.4) is 0 Å². The van der Waals surface area contributed by atoms with Crippen LogP contribution in [0.25, 0.3) is 0 Å². The second kappa shape index (κ2) is 5.49. The zero-order chi connectivity index (χ0) is 15.6. The van der Waals surface area contributed by atoms with Gasteiger partial charge in [0.15, 0.2) is 0 Å². The molecule has 9 heteroatoms. The van der Waals surface area contributed by atoms with Crippen LogP contribution in [0.4, 0.5) is 26.3 Å². The Morgan fingerprint density at radius 3 is 1.90 bits per heavy atom. The van der Waals surface area contributed by atoms with Crippen LogP contribution in [-0.4, -0.2) is 31.4 Å². The van der Waals surface area contributed by atoms with Crippen LogP contribution in [0.15, 0.2) is 24.3 Å². The van der Waals surface area contributed by atoms with E-state index in [1.165, 1.54) is 0 Å². The van der Waals surface area contributed by atoms with Crippen molar-refractivity contribution in [2.24, 2.45) is 0 Å². The van der Waals surface area contributed by atoms with E-state index in [1.54, 1.807) is 0 Å². The van der Waals surface area contributed by atoms with Gasteiger partial charge in [-0.1, -0.05) is 18.2 Å². The molecule has 0 saturated carbocycles. The largest absolute Gasteiger partial charge is 0.508 e. The van der Waals surface area contributed by atoms with Crippen LogP contribution in [0, 0.1) is 0 Å². The molecule has 1 aromatic carbocycles. The van der Waals surface area contributed by atoms with Crippen molar-refractivity contribution in [1.29, 1.82) is 0 Å². The van der Waals surface area contributed by atoms with Gasteiger partial charge in [-0.25, -0.2) is 0 Å². The van der Waals surface area contributed by atoms with Gasteiger partial charge in [0.05, 0.1) is 0 Å². The normalized spacial score (nSPS) is 13.6. The molecule has 0 aliphatic rings. The van der Waals surface area contributed by atoms with Crippen molar-refractivity contribution in [3.63, 3.8) is 0 Å². The topological polar surface area (TPSA) is 38.7 Å². The zero-order valence-electron chi connectivity index (χ0n) is 10.0. The minimum absolute atomic E-state index is 0.492. The Morgan fingerprint density at radius 1 is 1.00 bits per heavy atom. The number of benzene rings is 1. The highest BCUT2D eigenvalue weighted by molar-refractivity contribution is 5.39. The quantitative estimate of drug-likeness (QED) is 0.685. The van der Waals surface area contributed by atoms with Gasteiger partial charge in [-0.3, -0.25) is 0 Å². The number of alkyl halides is 6. The number of methoxy groups -OCH3 is 1. The van der Waals surface area contributed by atoms with Crippen molar-refractivity contribution in [3.05, 3.63) is 29.8 Å². The second-order valence-corrected chi connectivity index (χ2v) is 3.74. The summed E-state index contributed by atoms with van der Waals surface area (Å²) >= 11 is 0. The third-order valence-electron chi connectivity index (χ3n) is 2.48. The van der Waals surface area contributed by atoms with Gasteiger partial charge in [0.25, 0.3) is 5.60 Å². The molecule has 0 saturated heterocycles. The fourth-order valence-electron chi connectivity index (χ4n) is 1.63. The van der Waals surface area contributed by atoms with Crippen molar-refractivity contribution in [3.8, 4) is 5.75 Å². The molecular formula is C11H10F6O3. The zero-order valence-corrected chi connectivity index (χ0v) is 10.0. The van der Waals surface area contributed by atoms with Crippen LogP contribution in [0.5, 0.6) is 5.75 Å². The SMILES string of the molecule is COCOC(c1ccccc1O)(C(F)(F)F)C(F)(F)F. The van der Waals surface area contributed by atoms with Crippen molar-refractivity contribution in [2.75, 3.05) is 13.9 Å². The average Bonchev–Trinajstić information content (AvgIpc) is 2.28. The highest BCUT2D eigenvalue weighted by Crippen LogP contribution is 2.54. The maximum absolute atomic E-state index is 13.0. The number of rotatable bonds is 4. The predicted octanol–water partition coefficient (Wildman–Crippen LogP) is 3.33. The molecule has 1 aromatic rings. The van der Waals surface area contributed by atoms with E-state index < -0.39 is 36.1 Å². The van der Waals surface area contributed by atoms with Gasteiger partial charge >= 0.3 is 12.4 Å². The van der Waals surface area contributed by atoms with E-state index in [9.17, 15) is 31.4 Å². The molecule has 0 amide bonds. The first-order chi connectivity index (χ1) is 9.08. The average molecular weight is 304 g/mol. The van der Waals surface area contributed by atoms with E-state index in [-0.39, 0.29) is 0 Å². The fourth-order valence-corrected chi connectivity index (χ4v) is 1.63. The van der Waals surface area contributed by atoms with E-state index in [2.05, 4.69) is 9.47 Å². The molecule has 3 nitrogen and oxygen atoms in total. The summed E-state index contributed by atoms with van der Waals surface area (Å²) in [4.78, 5) is 0. The van der Waals surface area contributed by atoms with Crippen LogP contribution in [-0.2, 0) is 15.1 Å². The fraction of sp³-hybridized carbons (Fsp3) is 0.455. The molecule has 20 heavy (non-hydrogen) atoms. The first-order valence-electron chi connectivity index (χ1n) is 5.12. The van der Waals surface area contributed by atoms with Gasteiger partial charge in [-0.2, -0.15) is 26.3 Å². The van der Waals surface area contributed by atoms with Gasteiger partial charge in [0.1, 0.15) is 12.5 Å².